The highest BCUT2D eigenvalue weighted by Crippen LogP contribution is 2.35. The van der Waals surface area contributed by atoms with Crippen LogP contribution in [0, 0.1) is 18.3 Å². The summed E-state index contributed by atoms with van der Waals surface area (Å²) in [6.45, 7) is 8.77. The number of rotatable bonds is 6. The van der Waals surface area contributed by atoms with Crippen molar-refractivity contribution in [2.75, 3.05) is 31.2 Å². The van der Waals surface area contributed by atoms with Crippen LogP contribution in [-0.4, -0.2) is 41.8 Å². The van der Waals surface area contributed by atoms with Crippen molar-refractivity contribution in [2.24, 2.45) is 5.73 Å². The maximum atomic E-state index is 9.43. The second-order valence-electron chi connectivity index (χ2n) is 9.00. The molecule has 0 saturated carbocycles. The molecule has 2 heterocycles. The van der Waals surface area contributed by atoms with E-state index in [-0.39, 0.29) is 5.54 Å². The fourth-order valence-corrected chi connectivity index (χ4v) is 3.89. The van der Waals surface area contributed by atoms with E-state index >= 15 is 0 Å². The number of nitriles is 1. The summed E-state index contributed by atoms with van der Waals surface area (Å²) in [7, 11) is 0. The van der Waals surface area contributed by atoms with E-state index < -0.39 is 0 Å². The van der Waals surface area contributed by atoms with Gasteiger partial charge in [0.25, 0.3) is 0 Å². The van der Waals surface area contributed by atoms with Crippen molar-refractivity contribution in [1.82, 2.24) is 9.97 Å². The fraction of sp³-hybridized carbons (Fsp3) is 0.346. The van der Waals surface area contributed by atoms with Crippen molar-refractivity contribution >= 4 is 5.82 Å². The van der Waals surface area contributed by atoms with Crippen LogP contribution in [0.1, 0.15) is 30.8 Å². The SMILES string of the molecule is Cc1nc(Oc2cc(C#N)ccc2-c2ccc(CC(C)(C)N)cc2)cc(N2CCOCC2)n1. The average Bonchev–Trinajstić information content (AvgIpc) is 2.79. The van der Waals surface area contributed by atoms with Gasteiger partial charge in [-0.2, -0.15) is 10.2 Å². The summed E-state index contributed by atoms with van der Waals surface area (Å²) >= 11 is 0. The van der Waals surface area contributed by atoms with E-state index in [9.17, 15) is 5.26 Å². The van der Waals surface area contributed by atoms with Gasteiger partial charge in [-0.25, -0.2) is 4.98 Å². The molecule has 4 rings (SSSR count). The van der Waals surface area contributed by atoms with Gasteiger partial charge in [-0.05, 0) is 56.5 Å². The van der Waals surface area contributed by atoms with Gasteiger partial charge >= 0.3 is 0 Å². The van der Waals surface area contributed by atoms with Gasteiger partial charge in [0.1, 0.15) is 17.4 Å². The molecule has 0 atom stereocenters. The Labute approximate surface area is 194 Å². The van der Waals surface area contributed by atoms with E-state index in [4.69, 9.17) is 15.2 Å². The van der Waals surface area contributed by atoms with Gasteiger partial charge in [-0.15, -0.1) is 0 Å². The quantitative estimate of drug-likeness (QED) is 0.609. The maximum Gasteiger partial charge on any atom is 0.224 e. The number of morpholine rings is 1. The first-order valence-electron chi connectivity index (χ1n) is 11.1. The topological polar surface area (TPSA) is 97.3 Å². The third-order valence-corrected chi connectivity index (χ3v) is 5.39. The molecule has 1 saturated heterocycles. The predicted molar refractivity (Wildman–Crippen MR) is 128 cm³/mol. The Bertz CT molecular complexity index is 1160. The molecule has 1 fully saturated rings. The normalized spacial score (nSPS) is 14.1. The molecule has 0 bridgehead atoms. The Morgan fingerprint density at radius 1 is 1.09 bits per heavy atom. The van der Waals surface area contributed by atoms with Crippen LogP contribution in [0.3, 0.4) is 0 Å². The van der Waals surface area contributed by atoms with Crippen molar-refractivity contribution in [3.8, 4) is 28.8 Å². The number of ether oxygens (including phenoxy) is 2. The standard InChI is InChI=1S/C26H29N5O2/c1-18-29-24(31-10-12-32-13-11-31)15-25(30-18)33-23-14-20(17-27)6-9-22(23)21-7-4-19(5-8-21)16-26(2,3)28/h4-9,14-15H,10-13,16,28H2,1-3H3. The van der Waals surface area contributed by atoms with Crippen molar-refractivity contribution in [2.45, 2.75) is 32.7 Å². The second kappa shape index (κ2) is 9.57. The molecule has 7 nitrogen and oxygen atoms in total. The Kier molecular flexibility index (Phi) is 6.59. The van der Waals surface area contributed by atoms with Gasteiger partial charge in [-0.3, -0.25) is 0 Å². The van der Waals surface area contributed by atoms with Crippen LogP contribution in [0.5, 0.6) is 11.6 Å². The fourth-order valence-electron chi connectivity index (χ4n) is 3.89. The summed E-state index contributed by atoms with van der Waals surface area (Å²) < 4.78 is 11.7. The highest BCUT2D eigenvalue weighted by molar-refractivity contribution is 5.72. The predicted octanol–water partition coefficient (Wildman–Crippen LogP) is 4.23. The molecule has 33 heavy (non-hydrogen) atoms. The van der Waals surface area contributed by atoms with E-state index in [0.29, 0.717) is 36.2 Å². The number of nitrogens with zero attached hydrogens (tertiary/aromatic N) is 4. The lowest BCUT2D eigenvalue weighted by molar-refractivity contribution is 0.122. The van der Waals surface area contributed by atoms with Gasteiger partial charge in [0, 0.05) is 30.3 Å². The molecule has 170 valence electrons. The molecule has 0 amide bonds. The van der Waals surface area contributed by atoms with Crippen molar-refractivity contribution in [3.63, 3.8) is 0 Å². The third-order valence-electron chi connectivity index (χ3n) is 5.39. The smallest absolute Gasteiger partial charge is 0.224 e. The van der Waals surface area contributed by atoms with Crippen LogP contribution in [0.15, 0.2) is 48.5 Å². The lowest BCUT2D eigenvalue weighted by Gasteiger charge is -2.28. The van der Waals surface area contributed by atoms with Crippen LogP contribution in [0.4, 0.5) is 5.82 Å². The van der Waals surface area contributed by atoms with Crippen LogP contribution < -0.4 is 15.4 Å². The van der Waals surface area contributed by atoms with E-state index in [1.54, 1.807) is 12.1 Å². The molecule has 1 aromatic heterocycles. The zero-order valence-electron chi connectivity index (χ0n) is 19.3. The summed E-state index contributed by atoms with van der Waals surface area (Å²) in [5.74, 6) is 2.46. The molecule has 0 aliphatic carbocycles. The molecule has 3 aromatic rings. The van der Waals surface area contributed by atoms with Crippen molar-refractivity contribution in [1.29, 1.82) is 5.26 Å². The third kappa shape index (κ3) is 5.86. The first-order chi connectivity index (χ1) is 15.8. The van der Waals surface area contributed by atoms with E-state index in [1.165, 1.54) is 5.56 Å². The number of nitrogens with two attached hydrogens (primary N) is 1. The summed E-state index contributed by atoms with van der Waals surface area (Å²) in [4.78, 5) is 11.2. The van der Waals surface area contributed by atoms with Crippen LogP contribution >= 0.6 is 0 Å². The molecule has 0 spiro atoms. The van der Waals surface area contributed by atoms with Crippen LogP contribution in [-0.2, 0) is 11.2 Å². The summed E-state index contributed by atoms with van der Waals surface area (Å²) in [6, 6.07) is 17.8. The molecular weight excluding hydrogens is 414 g/mol. The lowest BCUT2D eigenvalue weighted by Crippen LogP contribution is -2.36. The largest absolute Gasteiger partial charge is 0.438 e. The summed E-state index contributed by atoms with van der Waals surface area (Å²) in [6.07, 6.45) is 0.786. The summed E-state index contributed by atoms with van der Waals surface area (Å²) in [5, 5.41) is 9.43. The van der Waals surface area contributed by atoms with Crippen molar-refractivity contribution < 1.29 is 9.47 Å². The first-order valence-corrected chi connectivity index (χ1v) is 11.1. The van der Waals surface area contributed by atoms with Gasteiger partial charge in [0.15, 0.2) is 0 Å². The van der Waals surface area contributed by atoms with Crippen molar-refractivity contribution in [3.05, 3.63) is 65.5 Å². The van der Waals surface area contributed by atoms with Crippen LogP contribution in [0.25, 0.3) is 11.1 Å². The molecule has 1 aliphatic rings. The average molecular weight is 444 g/mol. The maximum absolute atomic E-state index is 9.43. The van der Waals surface area contributed by atoms with Gasteiger partial charge in [0.05, 0.1) is 24.8 Å². The van der Waals surface area contributed by atoms with E-state index in [1.807, 2.05) is 32.9 Å². The highest BCUT2D eigenvalue weighted by Gasteiger charge is 2.17. The lowest BCUT2D eigenvalue weighted by atomic mass is 9.94. The molecule has 7 heteroatoms. The first kappa shape index (κ1) is 22.7. The highest BCUT2D eigenvalue weighted by atomic mass is 16.5. The molecule has 2 N–H and O–H groups in total. The Hall–Kier alpha value is -3.47. The van der Waals surface area contributed by atoms with E-state index in [2.05, 4.69) is 45.2 Å². The Morgan fingerprint density at radius 3 is 2.48 bits per heavy atom. The number of hydrogen-bond acceptors (Lipinski definition) is 7. The molecule has 0 radical (unpaired) electrons. The number of aryl methyl sites for hydroxylation is 1. The zero-order chi connectivity index (χ0) is 23.4. The minimum atomic E-state index is -0.271. The minimum absolute atomic E-state index is 0.271. The van der Waals surface area contributed by atoms with Gasteiger partial charge in [0.2, 0.25) is 5.88 Å². The zero-order valence-corrected chi connectivity index (χ0v) is 19.3. The number of benzene rings is 2. The number of anilines is 1. The molecular formula is C26H29N5O2. The second-order valence-corrected chi connectivity index (χ2v) is 9.00. The Morgan fingerprint density at radius 2 is 1.82 bits per heavy atom. The number of aromatic nitrogens is 2. The van der Waals surface area contributed by atoms with Gasteiger partial charge < -0.3 is 20.1 Å². The molecule has 0 unspecified atom stereocenters. The monoisotopic (exact) mass is 443 g/mol. The minimum Gasteiger partial charge on any atom is -0.438 e. The summed E-state index contributed by atoms with van der Waals surface area (Å²) in [5.41, 5.74) is 9.46. The molecule has 2 aromatic carbocycles. The van der Waals surface area contributed by atoms with E-state index in [0.717, 1.165) is 36.5 Å². The van der Waals surface area contributed by atoms with Crippen LogP contribution in [0.2, 0.25) is 0 Å². The Balaban J connectivity index is 1.66. The molecule has 1 aliphatic heterocycles. The van der Waals surface area contributed by atoms with Gasteiger partial charge in [-0.1, -0.05) is 24.3 Å². The number of hydrogen-bond donors (Lipinski definition) is 1.